The summed E-state index contributed by atoms with van der Waals surface area (Å²) < 4.78 is 15.2. The van der Waals surface area contributed by atoms with Crippen LogP contribution in [-0.2, 0) is 37.1 Å². The van der Waals surface area contributed by atoms with Crippen molar-refractivity contribution >= 4 is 5.91 Å². The predicted molar refractivity (Wildman–Crippen MR) is 101 cm³/mol. The molecule has 2 heterocycles. The van der Waals surface area contributed by atoms with E-state index in [1.807, 2.05) is 15.8 Å². The van der Waals surface area contributed by atoms with Gasteiger partial charge in [-0.05, 0) is 47.2 Å². The molecule has 0 fully saturated rings. The molecule has 0 saturated heterocycles. The van der Waals surface area contributed by atoms with Gasteiger partial charge in [-0.15, -0.1) is 0 Å². The number of benzene rings is 2. The van der Waals surface area contributed by atoms with Crippen LogP contribution in [-0.4, -0.2) is 27.1 Å². The Balaban J connectivity index is 1.35. The highest BCUT2D eigenvalue weighted by molar-refractivity contribution is 5.79. The number of rotatable bonds is 3. The van der Waals surface area contributed by atoms with Gasteiger partial charge < -0.3 is 4.90 Å². The molecule has 0 unspecified atom stereocenters. The molecule has 0 spiro atoms. The number of carbonyl (C=O) groups is 1. The third-order valence-corrected chi connectivity index (χ3v) is 5.67. The third kappa shape index (κ3) is 2.93. The largest absolute Gasteiger partial charge is 0.335 e. The lowest BCUT2D eigenvalue weighted by molar-refractivity contribution is -0.131. The SMILES string of the molecule is O=C(Cc1ccc2c(c1)CC2)N1CCn2ncc(-c3ccc(F)cc3)c2C1. The summed E-state index contributed by atoms with van der Waals surface area (Å²) in [5.41, 5.74) is 6.80. The number of hydrogen-bond donors (Lipinski definition) is 0. The number of amides is 1. The smallest absolute Gasteiger partial charge is 0.227 e. The standard InChI is InChI=1S/C22H20FN3O/c23-19-7-5-17(6-8-19)20-13-24-26-10-9-25(14-21(20)26)22(27)12-15-1-2-16-3-4-18(16)11-15/h1-2,5-8,11,13H,3-4,9-10,12,14H2. The normalized spacial score (nSPS) is 15.1. The lowest BCUT2D eigenvalue weighted by Gasteiger charge is -2.29. The van der Waals surface area contributed by atoms with Crippen LogP contribution < -0.4 is 0 Å². The number of nitrogens with zero attached hydrogens (tertiary/aromatic N) is 3. The van der Waals surface area contributed by atoms with Crippen molar-refractivity contribution in [1.82, 2.24) is 14.7 Å². The molecule has 1 aliphatic carbocycles. The van der Waals surface area contributed by atoms with E-state index >= 15 is 0 Å². The van der Waals surface area contributed by atoms with Gasteiger partial charge in [0.25, 0.3) is 0 Å². The first-order valence-corrected chi connectivity index (χ1v) is 9.36. The van der Waals surface area contributed by atoms with Crippen LogP contribution in [0.5, 0.6) is 0 Å². The fourth-order valence-corrected chi connectivity index (χ4v) is 3.97. The Morgan fingerprint density at radius 3 is 2.59 bits per heavy atom. The minimum atomic E-state index is -0.255. The molecule has 0 radical (unpaired) electrons. The van der Waals surface area contributed by atoms with E-state index in [1.54, 1.807) is 12.1 Å². The highest BCUT2D eigenvalue weighted by atomic mass is 19.1. The fraction of sp³-hybridized carbons (Fsp3) is 0.273. The van der Waals surface area contributed by atoms with E-state index < -0.39 is 0 Å². The predicted octanol–water partition coefficient (Wildman–Crippen LogP) is 3.37. The van der Waals surface area contributed by atoms with Crippen molar-refractivity contribution in [2.24, 2.45) is 0 Å². The highest BCUT2D eigenvalue weighted by Crippen LogP contribution is 2.28. The van der Waals surface area contributed by atoms with Crippen LogP contribution in [0.2, 0.25) is 0 Å². The van der Waals surface area contributed by atoms with E-state index in [-0.39, 0.29) is 11.7 Å². The molecular weight excluding hydrogens is 341 g/mol. The molecule has 1 amide bonds. The Labute approximate surface area is 157 Å². The van der Waals surface area contributed by atoms with Gasteiger partial charge in [0.2, 0.25) is 5.91 Å². The average molecular weight is 361 g/mol. The lowest BCUT2D eigenvalue weighted by atomic mass is 9.87. The van der Waals surface area contributed by atoms with Gasteiger partial charge in [-0.3, -0.25) is 9.48 Å². The van der Waals surface area contributed by atoms with Crippen molar-refractivity contribution in [3.63, 3.8) is 0 Å². The van der Waals surface area contributed by atoms with E-state index in [2.05, 4.69) is 23.3 Å². The molecular formula is C22H20FN3O. The zero-order valence-electron chi connectivity index (χ0n) is 15.0. The molecule has 4 nitrogen and oxygen atoms in total. The van der Waals surface area contributed by atoms with Crippen molar-refractivity contribution in [3.05, 3.63) is 76.9 Å². The van der Waals surface area contributed by atoms with Crippen LogP contribution in [0.15, 0.2) is 48.7 Å². The Bertz CT molecular complexity index is 1020. The molecule has 0 atom stereocenters. The van der Waals surface area contributed by atoms with E-state index in [1.165, 1.54) is 23.3 Å². The van der Waals surface area contributed by atoms with Gasteiger partial charge in [0.15, 0.2) is 0 Å². The number of hydrogen-bond acceptors (Lipinski definition) is 2. The number of fused-ring (bicyclic) bond motifs is 2. The molecule has 3 aromatic rings. The molecule has 27 heavy (non-hydrogen) atoms. The Hall–Kier alpha value is -2.95. The number of carbonyl (C=O) groups excluding carboxylic acids is 1. The van der Waals surface area contributed by atoms with Gasteiger partial charge in [-0.25, -0.2) is 4.39 Å². The maximum absolute atomic E-state index is 13.2. The molecule has 5 heteroatoms. The molecule has 1 aliphatic heterocycles. The second-order valence-corrected chi connectivity index (χ2v) is 7.33. The first kappa shape index (κ1) is 16.2. The fourth-order valence-electron chi connectivity index (χ4n) is 3.97. The van der Waals surface area contributed by atoms with Gasteiger partial charge in [0.1, 0.15) is 5.82 Å². The Morgan fingerprint density at radius 2 is 1.85 bits per heavy atom. The van der Waals surface area contributed by atoms with E-state index in [0.717, 1.165) is 35.2 Å². The monoisotopic (exact) mass is 361 g/mol. The van der Waals surface area contributed by atoms with Crippen LogP contribution in [0.4, 0.5) is 4.39 Å². The lowest BCUT2D eigenvalue weighted by Crippen LogP contribution is -2.39. The molecule has 136 valence electrons. The van der Waals surface area contributed by atoms with Crippen molar-refractivity contribution in [2.45, 2.75) is 32.4 Å². The van der Waals surface area contributed by atoms with Crippen molar-refractivity contribution in [3.8, 4) is 11.1 Å². The minimum Gasteiger partial charge on any atom is -0.335 e. The molecule has 0 saturated carbocycles. The first-order chi connectivity index (χ1) is 13.2. The van der Waals surface area contributed by atoms with Crippen LogP contribution in [0.1, 0.15) is 22.4 Å². The van der Waals surface area contributed by atoms with Crippen LogP contribution in [0.25, 0.3) is 11.1 Å². The maximum Gasteiger partial charge on any atom is 0.227 e. The maximum atomic E-state index is 13.2. The summed E-state index contributed by atoms with van der Waals surface area (Å²) in [4.78, 5) is 14.8. The number of halogens is 1. The second kappa shape index (κ2) is 6.34. The highest BCUT2D eigenvalue weighted by Gasteiger charge is 2.25. The van der Waals surface area contributed by atoms with Crippen LogP contribution >= 0.6 is 0 Å². The summed E-state index contributed by atoms with van der Waals surface area (Å²) in [7, 11) is 0. The first-order valence-electron chi connectivity index (χ1n) is 9.36. The van der Waals surface area contributed by atoms with Crippen molar-refractivity contribution in [2.75, 3.05) is 6.54 Å². The van der Waals surface area contributed by atoms with Crippen LogP contribution in [0, 0.1) is 5.82 Å². The van der Waals surface area contributed by atoms with E-state index in [9.17, 15) is 9.18 Å². The van der Waals surface area contributed by atoms with Crippen LogP contribution in [0.3, 0.4) is 0 Å². The Kier molecular flexibility index (Phi) is 3.81. The molecule has 1 aromatic heterocycles. The quantitative estimate of drug-likeness (QED) is 0.717. The summed E-state index contributed by atoms with van der Waals surface area (Å²) >= 11 is 0. The number of aromatic nitrogens is 2. The minimum absolute atomic E-state index is 0.145. The Morgan fingerprint density at radius 1 is 1.04 bits per heavy atom. The summed E-state index contributed by atoms with van der Waals surface area (Å²) in [5, 5.41) is 4.45. The molecule has 0 N–H and O–H groups in total. The molecule has 5 rings (SSSR count). The summed E-state index contributed by atoms with van der Waals surface area (Å²) in [6, 6.07) is 12.8. The summed E-state index contributed by atoms with van der Waals surface area (Å²) in [5.74, 6) is -0.109. The van der Waals surface area contributed by atoms with Gasteiger partial charge in [0, 0.05) is 12.1 Å². The van der Waals surface area contributed by atoms with E-state index in [0.29, 0.717) is 26.1 Å². The topological polar surface area (TPSA) is 38.1 Å². The summed E-state index contributed by atoms with van der Waals surface area (Å²) in [6.07, 6.45) is 4.54. The van der Waals surface area contributed by atoms with Gasteiger partial charge in [-0.1, -0.05) is 30.3 Å². The third-order valence-electron chi connectivity index (χ3n) is 5.67. The van der Waals surface area contributed by atoms with Crippen molar-refractivity contribution < 1.29 is 9.18 Å². The zero-order chi connectivity index (χ0) is 18.4. The molecule has 2 aromatic carbocycles. The zero-order valence-corrected chi connectivity index (χ0v) is 15.0. The van der Waals surface area contributed by atoms with E-state index in [4.69, 9.17) is 0 Å². The second-order valence-electron chi connectivity index (χ2n) is 7.33. The van der Waals surface area contributed by atoms with Gasteiger partial charge in [-0.2, -0.15) is 5.10 Å². The molecule has 2 aliphatic rings. The average Bonchev–Trinajstić information content (AvgIpc) is 3.08. The van der Waals surface area contributed by atoms with Crippen molar-refractivity contribution in [1.29, 1.82) is 0 Å². The number of aryl methyl sites for hydroxylation is 2. The van der Waals surface area contributed by atoms with Gasteiger partial charge >= 0.3 is 0 Å². The summed E-state index contributed by atoms with van der Waals surface area (Å²) in [6.45, 7) is 1.89. The van der Waals surface area contributed by atoms with Gasteiger partial charge in [0.05, 0.1) is 31.4 Å². The molecule has 0 bridgehead atoms.